The first-order valence-corrected chi connectivity index (χ1v) is 10.0. The normalized spacial score (nSPS) is 11.4. The summed E-state index contributed by atoms with van der Waals surface area (Å²) in [5.41, 5.74) is 2.09. The molecule has 2 N–H and O–H groups in total. The van der Waals surface area contributed by atoms with Gasteiger partial charge in [-0.1, -0.05) is 11.6 Å². The first-order valence-electron chi connectivity index (χ1n) is 8.85. The number of ether oxygens (including phenoxy) is 2. The number of nitrogens with one attached hydrogen (secondary N) is 2. The molecule has 2 aromatic rings. The van der Waals surface area contributed by atoms with Crippen molar-refractivity contribution in [1.82, 2.24) is 15.6 Å². The van der Waals surface area contributed by atoms with E-state index in [1.54, 1.807) is 25.5 Å². The van der Waals surface area contributed by atoms with Crippen molar-refractivity contribution < 1.29 is 9.47 Å². The number of guanidine groups is 1. The highest BCUT2D eigenvalue weighted by molar-refractivity contribution is 7.11. The van der Waals surface area contributed by atoms with E-state index in [2.05, 4.69) is 27.5 Å². The Morgan fingerprint density at radius 3 is 2.67 bits per heavy atom. The van der Waals surface area contributed by atoms with Crippen LogP contribution >= 0.6 is 22.9 Å². The second-order valence-corrected chi connectivity index (χ2v) is 7.59. The maximum absolute atomic E-state index is 6.32. The molecule has 0 bridgehead atoms. The van der Waals surface area contributed by atoms with Crippen LogP contribution in [-0.4, -0.2) is 38.3 Å². The number of aliphatic imine (C=N–C) groups is 1. The minimum atomic E-state index is 0.530. The van der Waals surface area contributed by atoms with Gasteiger partial charge in [0.05, 0.1) is 29.4 Å². The number of benzene rings is 1. The molecule has 0 unspecified atom stereocenters. The standard InChI is InChI=1S/C19H27ClN4O2S/c1-6-26-18-15(20)9-14(10-16(18)25-5)11-23-19(21-4)22-8-7-17-24-12(2)13(3)27-17/h9-10H,6-8,11H2,1-5H3,(H2,21,22,23). The maximum atomic E-state index is 6.32. The Hall–Kier alpha value is -1.99. The smallest absolute Gasteiger partial charge is 0.191 e. The molecule has 6 nitrogen and oxygen atoms in total. The number of rotatable bonds is 8. The Balaban J connectivity index is 1.90. The summed E-state index contributed by atoms with van der Waals surface area (Å²) in [6, 6.07) is 3.79. The van der Waals surface area contributed by atoms with Gasteiger partial charge in [0.1, 0.15) is 0 Å². The summed E-state index contributed by atoms with van der Waals surface area (Å²) in [4.78, 5) is 10.1. The average molecular weight is 411 g/mol. The van der Waals surface area contributed by atoms with E-state index in [1.807, 2.05) is 26.0 Å². The van der Waals surface area contributed by atoms with E-state index in [0.29, 0.717) is 29.7 Å². The zero-order chi connectivity index (χ0) is 19.8. The monoisotopic (exact) mass is 410 g/mol. The molecule has 8 heteroatoms. The Morgan fingerprint density at radius 1 is 1.30 bits per heavy atom. The van der Waals surface area contributed by atoms with Gasteiger partial charge in [-0.3, -0.25) is 4.99 Å². The molecule has 27 heavy (non-hydrogen) atoms. The first-order chi connectivity index (χ1) is 13.0. The molecule has 0 saturated heterocycles. The van der Waals surface area contributed by atoms with Crippen LogP contribution in [0.3, 0.4) is 0 Å². The van der Waals surface area contributed by atoms with E-state index in [1.165, 1.54) is 4.88 Å². The number of nitrogens with zero attached hydrogens (tertiary/aromatic N) is 2. The van der Waals surface area contributed by atoms with E-state index in [4.69, 9.17) is 21.1 Å². The summed E-state index contributed by atoms with van der Waals surface area (Å²) in [7, 11) is 3.35. The zero-order valence-electron chi connectivity index (χ0n) is 16.5. The summed E-state index contributed by atoms with van der Waals surface area (Å²) in [5.74, 6) is 1.92. The molecule has 1 aromatic carbocycles. The van der Waals surface area contributed by atoms with Crippen molar-refractivity contribution in [3.63, 3.8) is 0 Å². The van der Waals surface area contributed by atoms with Crippen molar-refractivity contribution in [2.24, 2.45) is 4.99 Å². The Morgan fingerprint density at radius 2 is 2.07 bits per heavy atom. The van der Waals surface area contributed by atoms with Crippen molar-refractivity contribution >= 4 is 28.9 Å². The highest BCUT2D eigenvalue weighted by Crippen LogP contribution is 2.36. The van der Waals surface area contributed by atoms with E-state index in [0.717, 1.165) is 35.2 Å². The number of methoxy groups -OCH3 is 1. The van der Waals surface area contributed by atoms with Gasteiger partial charge in [-0.25, -0.2) is 4.98 Å². The van der Waals surface area contributed by atoms with Crippen LogP contribution in [0.4, 0.5) is 0 Å². The lowest BCUT2D eigenvalue weighted by atomic mass is 10.2. The van der Waals surface area contributed by atoms with Crippen LogP contribution in [0.5, 0.6) is 11.5 Å². The topological polar surface area (TPSA) is 67.8 Å². The predicted molar refractivity (Wildman–Crippen MR) is 113 cm³/mol. The summed E-state index contributed by atoms with van der Waals surface area (Å²) < 4.78 is 10.9. The summed E-state index contributed by atoms with van der Waals surface area (Å²) in [6.45, 7) is 7.91. The van der Waals surface area contributed by atoms with Gasteiger partial charge in [0, 0.05) is 31.4 Å². The van der Waals surface area contributed by atoms with Crippen molar-refractivity contribution in [3.05, 3.63) is 38.3 Å². The van der Waals surface area contributed by atoms with E-state index >= 15 is 0 Å². The van der Waals surface area contributed by atoms with E-state index < -0.39 is 0 Å². The fourth-order valence-corrected chi connectivity index (χ4v) is 3.72. The average Bonchev–Trinajstić information content (AvgIpc) is 2.97. The fourth-order valence-electron chi connectivity index (χ4n) is 2.50. The van der Waals surface area contributed by atoms with E-state index in [-0.39, 0.29) is 0 Å². The SMILES string of the molecule is CCOc1c(Cl)cc(CNC(=NC)NCCc2nc(C)c(C)s2)cc1OC. The summed E-state index contributed by atoms with van der Waals surface area (Å²) >= 11 is 8.07. The van der Waals surface area contributed by atoms with Crippen LogP contribution in [-0.2, 0) is 13.0 Å². The summed E-state index contributed by atoms with van der Waals surface area (Å²) in [6.07, 6.45) is 0.864. The highest BCUT2D eigenvalue weighted by atomic mass is 35.5. The molecule has 148 valence electrons. The van der Waals surface area contributed by atoms with Crippen molar-refractivity contribution in [2.45, 2.75) is 33.7 Å². The first kappa shape index (κ1) is 21.3. The molecule has 0 fully saturated rings. The second kappa shape index (κ2) is 10.4. The lowest BCUT2D eigenvalue weighted by molar-refractivity contribution is 0.311. The molecule has 0 aliphatic heterocycles. The van der Waals surface area contributed by atoms with Crippen LogP contribution in [0.1, 0.15) is 28.1 Å². The molecule has 0 saturated carbocycles. The van der Waals surface area contributed by atoms with Gasteiger partial charge in [-0.05, 0) is 38.5 Å². The minimum absolute atomic E-state index is 0.530. The third-order valence-electron chi connectivity index (χ3n) is 3.97. The molecule has 0 atom stereocenters. The van der Waals surface area contributed by atoms with Gasteiger partial charge in [-0.15, -0.1) is 11.3 Å². The molecule has 1 heterocycles. The van der Waals surface area contributed by atoms with Gasteiger partial charge < -0.3 is 20.1 Å². The highest BCUT2D eigenvalue weighted by Gasteiger charge is 2.12. The lowest BCUT2D eigenvalue weighted by Crippen LogP contribution is -2.37. The van der Waals surface area contributed by atoms with Gasteiger partial charge in [0.25, 0.3) is 0 Å². The number of aromatic nitrogens is 1. The van der Waals surface area contributed by atoms with Crippen LogP contribution < -0.4 is 20.1 Å². The van der Waals surface area contributed by atoms with Gasteiger partial charge in [0.2, 0.25) is 0 Å². The minimum Gasteiger partial charge on any atom is -0.493 e. The predicted octanol–water partition coefficient (Wildman–Crippen LogP) is 3.73. The maximum Gasteiger partial charge on any atom is 0.191 e. The fraction of sp³-hybridized carbons (Fsp3) is 0.474. The third kappa shape index (κ3) is 6.01. The lowest BCUT2D eigenvalue weighted by Gasteiger charge is -2.15. The Bertz CT molecular complexity index is 773. The molecular formula is C19H27ClN4O2S. The van der Waals surface area contributed by atoms with Crippen LogP contribution in [0.2, 0.25) is 5.02 Å². The molecular weight excluding hydrogens is 384 g/mol. The second-order valence-electron chi connectivity index (χ2n) is 5.89. The van der Waals surface area contributed by atoms with Crippen molar-refractivity contribution in [2.75, 3.05) is 27.3 Å². The Labute approximate surface area is 170 Å². The van der Waals surface area contributed by atoms with Crippen LogP contribution in [0.15, 0.2) is 17.1 Å². The van der Waals surface area contributed by atoms with Crippen LogP contribution in [0.25, 0.3) is 0 Å². The number of hydrogen-bond acceptors (Lipinski definition) is 5. The van der Waals surface area contributed by atoms with Crippen molar-refractivity contribution in [3.8, 4) is 11.5 Å². The third-order valence-corrected chi connectivity index (χ3v) is 5.38. The van der Waals surface area contributed by atoms with Gasteiger partial charge in [-0.2, -0.15) is 0 Å². The van der Waals surface area contributed by atoms with Crippen molar-refractivity contribution in [1.29, 1.82) is 0 Å². The molecule has 2 rings (SSSR count). The largest absolute Gasteiger partial charge is 0.493 e. The summed E-state index contributed by atoms with van der Waals surface area (Å²) in [5, 5.41) is 8.26. The number of hydrogen-bond donors (Lipinski definition) is 2. The number of aryl methyl sites for hydroxylation is 2. The molecule has 0 spiro atoms. The quantitative estimate of drug-likeness (QED) is 0.512. The van der Waals surface area contributed by atoms with Gasteiger partial charge in [0.15, 0.2) is 17.5 Å². The molecule has 0 amide bonds. The molecule has 0 aliphatic carbocycles. The number of halogens is 1. The zero-order valence-corrected chi connectivity index (χ0v) is 18.1. The molecule has 0 aliphatic rings. The molecule has 0 radical (unpaired) electrons. The van der Waals surface area contributed by atoms with E-state index in [9.17, 15) is 0 Å². The Kier molecular flexibility index (Phi) is 8.19. The van der Waals surface area contributed by atoms with Crippen LogP contribution in [0, 0.1) is 13.8 Å². The number of thiazole rings is 1. The van der Waals surface area contributed by atoms with Gasteiger partial charge >= 0.3 is 0 Å². The molecule has 1 aromatic heterocycles.